The molecule has 0 radical (unpaired) electrons. The van der Waals surface area contributed by atoms with Gasteiger partial charge in [-0.05, 0) is 60.2 Å². The zero-order valence-corrected chi connectivity index (χ0v) is 14.8. The van der Waals surface area contributed by atoms with Crippen molar-refractivity contribution in [1.82, 2.24) is 5.32 Å². The number of fused-ring (bicyclic) bond motifs is 1. The molecule has 7 heteroatoms. The number of ether oxygens (including phenoxy) is 2. The first-order valence-corrected chi connectivity index (χ1v) is 8.74. The van der Waals surface area contributed by atoms with Gasteiger partial charge in [-0.25, -0.2) is 4.99 Å². The summed E-state index contributed by atoms with van der Waals surface area (Å²) in [5, 5.41) is 3.95. The lowest BCUT2D eigenvalue weighted by Crippen LogP contribution is -2.19. The van der Waals surface area contributed by atoms with Crippen molar-refractivity contribution in [3.63, 3.8) is 0 Å². The summed E-state index contributed by atoms with van der Waals surface area (Å²) < 4.78 is 10.7. The van der Waals surface area contributed by atoms with Gasteiger partial charge in [0.2, 0.25) is 6.79 Å². The van der Waals surface area contributed by atoms with E-state index in [1.165, 1.54) is 11.8 Å². The van der Waals surface area contributed by atoms with Crippen LogP contribution in [0.1, 0.15) is 11.1 Å². The van der Waals surface area contributed by atoms with Crippen LogP contribution >= 0.6 is 23.4 Å². The standard InChI is InChI=1S/C18H13ClN2O3S/c1-10-12(19)3-2-4-13(10)20-18-21-17(22)16(25-18)8-11-5-6-14-15(7-11)24-9-23-14/h2-8H,9H2,1H3,(H,20,21,22). The van der Waals surface area contributed by atoms with Gasteiger partial charge in [0.05, 0.1) is 10.6 Å². The van der Waals surface area contributed by atoms with E-state index >= 15 is 0 Å². The van der Waals surface area contributed by atoms with Crippen LogP contribution in [0.25, 0.3) is 6.08 Å². The number of nitrogens with zero attached hydrogens (tertiary/aromatic N) is 1. The third-order valence-electron chi connectivity index (χ3n) is 3.81. The average Bonchev–Trinajstić information content (AvgIpc) is 3.18. The van der Waals surface area contributed by atoms with Gasteiger partial charge >= 0.3 is 0 Å². The lowest BCUT2D eigenvalue weighted by Gasteiger charge is -2.02. The Kier molecular flexibility index (Phi) is 4.15. The average molecular weight is 373 g/mol. The van der Waals surface area contributed by atoms with E-state index in [4.69, 9.17) is 21.1 Å². The summed E-state index contributed by atoms with van der Waals surface area (Å²) in [5.41, 5.74) is 2.47. The summed E-state index contributed by atoms with van der Waals surface area (Å²) >= 11 is 7.41. The van der Waals surface area contributed by atoms with Gasteiger partial charge in [0, 0.05) is 5.02 Å². The van der Waals surface area contributed by atoms with Gasteiger partial charge in [0.15, 0.2) is 16.7 Å². The molecule has 0 aliphatic carbocycles. The van der Waals surface area contributed by atoms with Gasteiger partial charge < -0.3 is 14.8 Å². The molecular weight excluding hydrogens is 360 g/mol. The molecule has 1 fully saturated rings. The first-order chi connectivity index (χ1) is 12.1. The summed E-state index contributed by atoms with van der Waals surface area (Å²) in [6.07, 6.45) is 1.80. The highest BCUT2D eigenvalue weighted by Gasteiger charge is 2.24. The van der Waals surface area contributed by atoms with Crippen molar-refractivity contribution in [2.45, 2.75) is 6.92 Å². The first kappa shape index (κ1) is 16.1. The maximum absolute atomic E-state index is 12.2. The molecule has 0 bridgehead atoms. The fourth-order valence-electron chi connectivity index (χ4n) is 2.46. The summed E-state index contributed by atoms with van der Waals surface area (Å²) in [6, 6.07) is 11.1. The number of rotatable bonds is 2. The van der Waals surface area contributed by atoms with E-state index in [0.717, 1.165) is 16.8 Å². The van der Waals surface area contributed by atoms with E-state index in [1.54, 1.807) is 6.08 Å². The predicted molar refractivity (Wildman–Crippen MR) is 99.6 cm³/mol. The van der Waals surface area contributed by atoms with Gasteiger partial charge in [-0.1, -0.05) is 23.7 Å². The molecule has 2 aliphatic heterocycles. The molecule has 2 aliphatic rings. The van der Waals surface area contributed by atoms with Crippen molar-refractivity contribution < 1.29 is 14.3 Å². The number of benzene rings is 2. The number of amides is 1. The van der Waals surface area contributed by atoms with Crippen LogP contribution in [-0.2, 0) is 4.79 Å². The Morgan fingerprint density at radius 2 is 2.08 bits per heavy atom. The Balaban J connectivity index is 1.60. The van der Waals surface area contributed by atoms with Gasteiger partial charge in [-0.3, -0.25) is 4.79 Å². The second-order valence-electron chi connectivity index (χ2n) is 5.48. The molecule has 25 heavy (non-hydrogen) atoms. The van der Waals surface area contributed by atoms with Crippen molar-refractivity contribution in [2.24, 2.45) is 4.99 Å². The van der Waals surface area contributed by atoms with Gasteiger partial charge in [0.25, 0.3) is 5.91 Å². The van der Waals surface area contributed by atoms with Crippen LogP contribution in [0.3, 0.4) is 0 Å². The second-order valence-corrected chi connectivity index (χ2v) is 6.92. The number of nitrogens with one attached hydrogen (secondary N) is 1. The molecule has 4 rings (SSSR count). The lowest BCUT2D eigenvalue weighted by atomic mass is 10.2. The highest BCUT2D eigenvalue weighted by Crippen LogP contribution is 2.35. The van der Waals surface area contributed by atoms with E-state index in [9.17, 15) is 4.79 Å². The van der Waals surface area contributed by atoms with E-state index < -0.39 is 0 Å². The van der Waals surface area contributed by atoms with E-state index in [0.29, 0.717) is 26.6 Å². The van der Waals surface area contributed by atoms with Crippen molar-refractivity contribution in [3.05, 3.63) is 57.5 Å². The number of hydrogen-bond donors (Lipinski definition) is 1. The summed E-state index contributed by atoms with van der Waals surface area (Å²) in [6.45, 7) is 2.12. The number of hydrogen-bond acceptors (Lipinski definition) is 5. The molecule has 0 aromatic heterocycles. The molecular formula is C18H13ClN2O3S. The number of carbonyl (C=O) groups excluding carboxylic acids is 1. The zero-order chi connectivity index (χ0) is 17.4. The summed E-state index contributed by atoms with van der Waals surface area (Å²) in [5.74, 6) is 1.21. The molecule has 0 spiro atoms. The maximum Gasteiger partial charge on any atom is 0.264 e. The minimum Gasteiger partial charge on any atom is -0.454 e. The van der Waals surface area contributed by atoms with Crippen LogP contribution in [0, 0.1) is 6.92 Å². The second kappa shape index (κ2) is 6.46. The Morgan fingerprint density at radius 3 is 2.96 bits per heavy atom. The SMILES string of the molecule is Cc1c(Cl)cccc1N=C1NC(=O)C(=Cc2ccc3c(c2)OCO3)S1. The number of aliphatic imine (C=N–C) groups is 1. The normalized spacial score (nSPS) is 18.9. The number of carbonyl (C=O) groups is 1. The Labute approximate surface area is 153 Å². The molecule has 0 unspecified atom stereocenters. The highest BCUT2D eigenvalue weighted by atomic mass is 35.5. The van der Waals surface area contributed by atoms with Crippen LogP contribution in [0.15, 0.2) is 46.3 Å². The third kappa shape index (κ3) is 3.23. The van der Waals surface area contributed by atoms with Gasteiger partial charge in [0.1, 0.15) is 0 Å². The Bertz CT molecular complexity index is 940. The summed E-state index contributed by atoms with van der Waals surface area (Å²) in [4.78, 5) is 17.3. The van der Waals surface area contributed by atoms with E-state index in [-0.39, 0.29) is 12.7 Å². The molecule has 2 heterocycles. The van der Waals surface area contributed by atoms with E-state index in [1.807, 2.05) is 43.3 Å². The molecule has 126 valence electrons. The molecule has 2 aromatic carbocycles. The van der Waals surface area contributed by atoms with Gasteiger partial charge in [-0.15, -0.1) is 0 Å². The van der Waals surface area contributed by atoms with Crippen LogP contribution < -0.4 is 14.8 Å². The van der Waals surface area contributed by atoms with Crippen LogP contribution in [0.2, 0.25) is 5.02 Å². The molecule has 1 saturated heterocycles. The maximum atomic E-state index is 12.2. The minimum atomic E-state index is -0.180. The van der Waals surface area contributed by atoms with Crippen molar-refractivity contribution in [2.75, 3.05) is 6.79 Å². The number of halogens is 1. The molecule has 0 atom stereocenters. The lowest BCUT2D eigenvalue weighted by molar-refractivity contribution is -0.115. The van der Waals surface area contributed by atoms with Crippen LogP contribution in [-0.4, -0.2) is 17.9 Å². The number of amidine groups is 1. The number of thioether (sulfide) groups is 1. The molecule has 1 amide bonds. The Morgan fingerprint density at radius 1 is 1.24 bits per heavy atom. The van der Waals surface area contributed by atoms with Crippen molar-refractivity contribution in [1.29, 1.82) is 0 Å². The monoisotopic (exact) mass is 372 g/mol. The molecule has 2 aromatic rings. The smallest absolute Gasteiger partial charge is 0.264 e. The topological polar surface area (TPSA) is 59.9 Å². The minimum absolute atomic E-state index is 0.180. The van der Waals surface area contributed by atoms with Crippen LogP contribution in [0.4, 0.5) is 5.69 Å². The molecule has 5 nitrogen and oxygen atoms in total. The predicted octanol–water partition coefficient (Wildman–Crippen LogP) is 4.27. The van der Waals surface area contributed by atoms with Crippen LogP contribution in [0.5, 0.6) is 11.5 Å². The largest absolute Gasteiger partial charge is 0.454 e. The van der Waals surface area contributed by atoms with Crippen molar-refractivity contribution >= 4 is 46.2 Å². The van der Waals surface area contributed by atoms with Crippen molar-refractivity contribution in [3.8, 4) is 11.5 Å². The first-order valence-electron chi connectivity index (χ1n) is 7.54. The summed E-state index contributed by atoms with van der Waals surface area (Å²) in [7, 11) is 0. The quantitative estimate of drug-likeness (QED) is 0.800. The van der Waals surface area contributed by atoms with E-state index in [2.05, 4.69) is 10.3 Å². The van der Waals surface area contributed by atoms with Gasteiger partial charge in [-0.2, -0.15) is 0 Å². The third-order valence-corrected chi connectivity index (χ3v) is 5.13. The highest BCUT2D eigenvalue weighted by molar-refractivity contribution is 8.18. The molecule has 0 saturated carbocycles. The Hall–Kier alpha value is -2.44. The fraction of sp³-hybridized carbons (Fsp3) is 0.111. The zero-order valence-electron chi connectivity index (χ0n) is 13.2. The molecule has 1 N–H and O–H groups in total. The fourth-order valence-corrected chi connectivity index (χ4v) is 3.47.